The summed E-state index contributed by atoms with van der Waals surface area (Å²) in [7, 11) is 0. The largest absolute Gasteiger partial charge is 0.512 e. The molecule has 0 saturated heterocycles. The molecule has 0 fully saturated rings. The van der Waals surface area contributed by atoms with Crippen molar-refractivity contribution in [3.8, 4) is 0 Å². The summed E-state index contributed by atoms with van der Waals surface area (Å²) in [6.07, 6.45) is -6.91. The monoisotopic (exact) mass is 403 g/mol. The standard InChI is InChI=1S/C10H11F7O2.Ag/c1-7(2,3)5(18)4-6(19)8(11,12)9(13,14)10(15,16)17;/h4,18H,1-3H3;. The molecule has 123 valence electrons. The van der Waals surface area contributed by atoms with Gasteiger partial charge in [-0.1, -0.05) is 20.8 Å². The van der Waals surface area contributed by atoms with E-state index in [1.165, 1.54) is 20.8 Å². The number of hydrogen-bond acceptors (Lipinski definition) is 2. The van der Waals surface area contributed by atoms with E-state index in [9.17, 15) is 35.5 Å². The summed E-state index contributed by atoms with van der Waals surface area (Å²) in [5, 5.41) is 9.17. The smallest absolute Gasteiger partial charge is 0.460 e. The van der Waals surface area contributed by atoms with Gasteiger partial charge in [0.2, 0.25) is 5.78 Å². The molecule has 0 aliphatic carbocycles. The Balaban J connectivity index is 0. The normalized spacial score (nSPS) is 14.8. The van der Waals surface area contributed by atoms with Crippen LogP contribution in [0.3, 0.4) is 0 Å². The van der Waals surface area contributed by atoms with E-state index < -0.39 is 35.0 Å². The van der Waals surface area contributed by atoms with E-state index in [-0.39, 0.29) is 28.5 Å². The fraction of sp³-hybridized carbons (Fsp3) is 0.700. The van der Waals surface area contributed by atoms with Gasteiger partial charge in [-0.15, -0.1) is 0 Å². The first kappa shape index (κ1) is 21.8. The van der Waals surface area contributed by atoms with Crippen molar-refractivity contribution in [2.24, 2.45) is 5.41 Å². The Hall–Kier alpha value is -0.540. The zero-order chi connectivity index (χ0) is 15.9. The summed E-state index contributed by atoms with van der Waals surface area (Å²) in [4.78, 5) is 10.8. The molecule has 20 heavy (non-hydrogen) atoms. The van der Waals surface area contributed by atoms with Crippen LogP contribution in [-0.4, -0.2) is 28.9 Å². The van der Waals surface area contributed by atoms with Gasteiger partial charge >= 0.3 is 18.0 Å². The Morgan fingerprint density at radius 2 is 1.30 bits per heavy atom. The summed E-state index contributed by atoms with van der Waals surface area (Å²) in [6, 6.07) is 0. The van der Waals surface area contributed by atoms with Gasteiger partial charge in [-0.05, 0) is 0 Å². The number of halogens is 7. The van der Waals surface area contributed by atoms with Crippen LogP contribution in [0.1, 0.15) is 20.8 Å². The quantitative estimate of drug-likeness (QED) is 0.336. The molecule has 0 atom stereocenters. The van der Waals surface area contributed by atoms with Crippen molar-refractivity contribution in [2.45, 2.75) is 38.8 Å². The maximum atomic E-state index is 12.9. The first-order valence-corrected chi connectivity index (χ1v) is 4.83. The second-order valence-corrected chi connectivity index (χ2v) is 4.79. The van der Waals surface area contributed by atoms with Crippen LogP contribution >= 0.6 is 0 Å². The topological polar surface area (TPSA) is 37.3 Å². The fourth-order valence-electron chi connectivity index (χ4n) is 0.764. The number of ketones is 1. The van der Waals surface area contributed by atoms with Crippen LogP contribution in [0.4, 0.5) is 30.7 Å². The average molecular weight is 404 g/mol. The molecule has 0 aliphatic rings. The predicted molar refractivity (Wildman–Crippen MR) is 51.1 cm³/mol. The van der Waals surface area contributed by atoms with Crippen LogP contribution in [0, 0.1) is 5.41 Å². The van der Waals surface area contributed by atoms with E-state index in [0.717, 1.165) is 0 Å². The van der Waals surface area contributed by atoms with Crippen LogP contribution in [-0.2, 0) is 27.2 Å². The molecule has 0 rings (SSSR count). The summed E-state index contributed by atoms with van der Waals surface area (Å²) in [5.41, 5.74) is -1.25. The minimum absolute atomic E-state index is 0. The van der Waals surface area contributed by atoms with Crippen LogP contribution < -0.4 is 0 Å². The molecule has 0 bridgehead atoms. The fourth-order valence-corrected chi connectivity index (χ4v) is 0.764. The molecule has 1 N–H and O–H groups in total. The number of rotatable bonds is 3. The van der Waals surface area contributed by atoms with Gasteiger partial charge in [0.15, 0.2) is 0 Å². The number of alkyl halides is 7. The second kappa shape index (κ2) is 6.07. The SMILES string of the molecule is CC(C)(C)C(O)=CC(=O)C(F)(F)C(F)(F)C(F)(F)F.[Ag]. The van der Waals surface area contributed by atoms with Gasteiger partial charge < -0.3 is 5.11 Å². The van der Waals surface area contributed by atoms with Crippen molar-refractivity contribution in [1.29, 1.82) is 0 Å². The summed E-state index contributed by atoms with van der Waals surface area (Å²) >= 11 is 0. The van der Waals surface area contributed by atoms with E-state index in [1.807, 2.05) is 0 Å². The van der Waals surface area contributed by atoms with Crippen molar-refractivity contribution < 1.29 is 63.0 Å². The molecule has 10 heteroatoms. The van der Waals surface area contributed by atoms with Crippen molar-refractivity contribution >= 4 is 5.78 Å². The molecule has 0 aromatic carbocycles. The zero-order valence-corrected chi connectivity index (χ0v) is 11.9. The third-order valence-corrected chi connectivity index (χ3v) is 2.10. The zero-order valence-electron chi connectivity index (χ0n) is 10.4. The number of carbonyl (C=O) groups is 1. The Kier molecular flexibility index (Phi) is 6.60. The van der Waals surface area contributed by atoms with E-state index in [1.54, 1.807) is 0 Å². The minimum Gasteiger partial charge on any atom is -0.512 e. The number of hydrogen-bond donors (Lipinski definition) is 1. The number of allylic oxidation sites excluding steroid dienone is 2. The first-order chi connectivity index (χ1) is 8.05. The number of aliphatic hydroxyl groups is 1. The molecule has 1 radical (unpaired) electrons. The van der Waals surface area contributed by atoms with Gasteiger partial charge in [-0.25, -0.2) is 0 Å². The summed E-state index contributed by atoms with van der Waals surface area (Å²) < 4.78 is 86.1. The van der Waals surface area contributed by atoms with Crippen LogP contribution in [0.25, 0.3) is 0 Å². The van der Waals surface area contributed by atoms with Gasteiger partial charge in [0.05, 0.1) is 0 Å². The van der Waals surface area contributed by atoms with Gasteiger partial charge in [0.1, 0.15) is 5.76 Å². The summed E-state index contributed by atoms with van der Waals surface area (Å²) in [5.74, 6) is -16.4. The van der Waals surface area contributed by atoms with Crippen LogP contribution in [0.15, 0.2) is 11.8 Å². The Morgan fingerprint density at radius 3 is 1.55 bits per heavy atom. The Morgan fingerprint density at radius 1 is 0.950 bits per heavy atom. The predicted octanol–water partition coefficient (Wildman–Crippen LogP) is 3.87. The van der Waals surface area contributed by atoms with E-state index in [0.29, 0.717) is 0 Å². The number of aliphatic hydroxyl groups excluding tert-OH is 1. The van der Waals surface area contributed by atoms with Gasteiger partial charge in [-0.2, -0.15) is 30.7 Å². The van der Waals surface area contributed by atoms with Gasteiger partial charge in [0.25, 0.3) is 0 Å². The van der Waals surface area contributed by atoms with Crippen LogP contribution in [0.5, 0.6) is 0 Å². The third-order valence-electron chi connectivity index (χ3n) is 2.10. The molecule has 2 nitrogen and oxygen atoms in total. The van der Waals surface area contributed by atoms with Crippen molar-refractivity contribution in [2.75, 3.05) is 0 Å². The molecule has 0 spiro atoms. The molecule has 0 aromatic heterocycles. The average Bonchev–Trinajstić information content (AvgIpc) is 2.13. The summed E-state index contributed by atoms with van der Waals surface area (Å²) in [6.45, 7) is 3.73. The van der Waals surface area contributed by atoms with Gasteiger partial charge in [0, 0.05) is 33.9 Å². The molecule has 0 unspecified atom stereocenters. The Bertz CT molecular complexity index is 393. The minimum atomic E-state index is -6.59. The molecular formula is C10H11AgF7O2. The second-order valence-electron chi connectivity index (χ2n) is 4.79. The maximum Gasteiger partial charge on any atom is 0.460 e. The number of carbonyl (C=O) groups excluding carboxylic acids is 1. The molecule has 0 aliphatic heterocycles. The maximum absolute atomic E-state index is 12.9. The molecule has 0 aromatic rings. The van der Waals surface area contributed by atoms with Crippen molar-refractivity contribution in [3.05, 3.63) is 11.8 Å². The van der Waals surface area contributed by atoms with Crippen LogP contribution in [0.2, 0.25) is 0 Å². The molecule has 0 saturated carbocycles. The van der Waals surface area contributed by atoms with E-state index in [4.69, 9.17) is 5.11 Å². The van der Waals surface area contributed by atoms with Crippen molar-refractivity contribution in [3.63, 3.8) is 0 Å². The van der Waals surface area contributed by atoms with Gasteiger partial charge in [-0.3, -0.25) is 4.79 Å². The Labute approximate surface area is 125 Å². The molecule has 0 heterocycles. The first-order valence-electron chi connectivity index (χ1n) is 4.83. The third kappa shape index (κ3) is 4.23. The molecule has 0 amide bonds. The van der Waals surface area contributed by atoms with Crippen molar-refractivity contribution in [1.82, 2.24) is 0 Å². The van der Waals surface area contributed by atoms with E-state index in [2.05, 4.69) is 0 Å². The molecular weight excluding hydrogens is 393 g/mol. The van der Waals surface area contributed by atoms with E-state index >= 15 is 0 Å².